The highest BCUT2D eigenvalue weighted by Crippen LogP contribution is 2.26. The van der Waals surface area contributed by atoms with Gasteiger partial charge in [0.25, 0.3) is 5.91 Å². The van der Waals surface area contributed by atoms with Gasteiger partial charge in [0.1, 0.15) is 11.5 Å². The lowest BCUT2D eigenvalue weighted by atomic mass is 10.2. The minimum absolute atomic E-state index is 0.0493. The van der Waals surface area contributed by atoms with Gasteiger partial charge in [-0.3, -0.25) is 4.79 Å². The van der Waals surface area contributed by atoms with Crippen LogP contribution in [-0.2, 0) is 0 Å². The van der Waals surface area contributed by atoms with Crippen LogP contribution >= 0.6 is 45.2 Å². The third-order valence-corrected chi connectivity index (χ3v) is 3.62. The second-order valence-corrected chi connectivity index (χ2v) is 5.91. The van der Waals surface area contributed by atoms with E-state index in [0.717, 1.165) is 3.57 Å². The molecule has 0 aliphatic heterocycles. The van der Waals surface area contributed by atoms with Gasteiger partial charge in [-0.25, -0.2) is 5.43 Å². The van der Waals surface area contributed by atoms with Gasteiger partial charge >= 0.3 is 0 Å². The summed E-state index contributed by atoms with van der Waals surface area (Å²) in [5.41, 5.74) is 2.52. The lowest BCUT2D eigenvalue weighted by Gasteiger charge is -2.05. The summed E-state index contributed by atoms with van der Waals surface area (Å²) >= 11 is 4.04. The second kappa shape index (κ2) is 6.37. The van der Waals surface area contributed by atoms with Crippen molar-refractivity contribution in [1.29, 1.82) is 0 Å². The number of hydrogen-bond acceptors (Lipinski definition) is 4. The fourth-order valence-electron chi connectivity index (χ4n) is 1.32. The van der Waals surface area contributed by atoms with Gasteiger partial charge in [-0.2, -0.15) is 5.10 Å². The number of nitrogens with one attached hydrogen (secondary N) is 1. The molecule has 5 nitrogen and oxygen atoms in total. The summed E-state index contributed by atoms with van der Waals surface area (Å²) in [5, 5.41) is 13.6. The van der Waals surface area contributed by atoms with Crippen molar-refractivity contribution < 1.29 is 14.3 Å². The molecule has 2 rings (SSSR count). The first-order chi connectivity index (χ1) is 9.08. The first-order valence-corrected chi connectivity index (χ1v) is 7.28. The molecular formula is C12H8I2N2O3. The van der Waals surface area contributed by atoms with Crippen LogP contribution in [-0.4, -0.2) is 17.2 Å². The second-order valence-electron chi connectivity index (χ2n) is 3.50. The van der Waals surface area contributed by atoms with E-state index in [1.807, 2.05) is 22.6 Å². The molecule has 19 heavy (non-hydrogen) atoms. The van der Waals surface area contributed by atoms with E-state index < -0.39 is 5.91 Å². The normalized spacial score (nSPS) is 10.8. The molecule has 1 amide bonds. The third kappa shape index (κ3) is 3.69. The van der Waals surface area contributed by atoms with Crippen LogP contribution in [0.1, 0.15) is 16.1 Å². The zero-order chi connectivity index (χ0) is 13.8. The van der Waals surface area contributed by atoms with Crippen molar-refractivity contribution in [3.05, 3.63) is 49.0 Å². The number of rotatable bonds is 3. The van der Waals surface area contributed by atoms with Gasteiger partial charge in [0, 0.05) is 3.57 Å². The highest BCUT2D eigenvalue weighted by Gasteiger charge is 2.14. The SMILES string of the molecule is O=C(N/N=C/c1ccco1)c1cc(I)cc(I)c1O. The summed E-state index contributed by atoms with van der Waals surface area (Å²) < 4.78 is 6.51. The fraction of sp³-hybridized carbons (Fsp3) is 0. The standard InChI is InChI=1S/C12H8I2N2O3/c13-7-4-9(11(17)10(14)5-7)12(18)16-15-6-8-2-1-3-19-8/h1-6,17H,(H,16,18)/b15-6+. The molecule has 0 bridgehead atoms. The lowest BCUT2D eigenvalue weighted by molar-refractivity contribution is 0.0952. The molecular weight excluding hydrogens is 474 g/mol. The number of phenolic OH excluding ortho intramolecular Hbond substituents is 1. The van der Waals surface area contributed by atoms with Crippen LogP contribution in [0.5, 0.6) is 5.75 Å². The zero-order valence-corrected chi connectivity index (χ0v) is 13.7. The molecule has 0 aliphatic rings. The molecule has 1 heterocycles. The summed E-state index contributed by atoms with van der Waals surface area (Å²) in [7, 11) is 0. The molecule has 0 atom stereocenters. The van der Waals surface area contributed by atoms with Gasteiger partial charge < -0.3 is 9.52 Å². The molecule has 2 N–H and O–H groups in total. The Morgan fingerprint density at radius 2 is 2.21 bits per heavy atom. The zero-order valence-electron chi connectivity index (χ0n) is 9.43. The molecule has 0 saturated heterocycles. The van der Waals surface area contributed by atoms with Gasteiger partial charge in [-0.05, 0) is 69.4 Å². The molecule has 1 aromatic heterocycles. The number of nitrogens with zero attached hydrogens (tertiary/aromatic N) is 1. The molecule has 0 radical (unpaired) electrons. The summed E-state index contributed by atoms with van der Waals surface area (Å²) in [6.07, 6.45) is 2.89. The maximum absolute atomic E-state index is 11.9. The Morgan fingerprint density at radius 1 is 1.42 bits per heavy atom. The first kappa shape index (κ1) is 14.3. The predicted molar refractivity (Wildman–Crippen MR) is 87.3 cm³/mol. The number of furan rings is 1. The van der Waals surface area contributed by atoms with Crippen molar-refractivity contribution in [2.24, 2.45) is 5.10 Å². The Bertz CT molecular complexity index is 624. The molecule has 7 heteroatoms. The van der Waals surface area contributed by atoms with Crippen molar-refractivity contribution in [2.45, 2.75) is 0 Å². The predicted octanol–water partition coefficient (Wildman–Crippen LogP) is 2.96. The van der Waals surface area contributed by atoms with Gasteiger partial charge in [0.05, 0.1) is 21.6 Å². The van der Waals surface area contributed by atoms with E-state index in [9.17, 15) is 9.90 Å². The molecule has 1 aromatic carbocycles. The number of halogens is 2. The summed E-state index contributed by atoms with van der Waals surface area (Å²) in [4.78, 5) is 11.9. The number of aromatic hydroxyl groups is 1. The van der Waals surface area contributed by atoms with E-state index in [1.54, 1.807) is 24.3 Å². The van der Waals surface area contributed by atoms with Crippen LogP contribution in [0.25, 0.3) is 0 Å². The maximum atomic E-state index is 11.9. The van der Waals surface area contributed by atoms with Crippen LogP contribution in [0.15, 0.2) is 40.0 Å². The van der Waals surface area contributed by atoms with Gasteiger partial charge in [0.15, 0.2) is 0 Å². The van der Waals surface area contributed by atoms with E-state index in [-0.39, 0.29) is 11.3 Å². The topological polar surface area (TPSA) is 74.8 Å². The molecule has 0 unspecified atom stereocenters. The Labute approximate surface area is 136 Å². The van der Waals surface area contributed by atoms with Crippen LogP contribution in [0.4, 0.5) is 0 Å². The van der Waals surface area contributed by atoms with Crippen LogP contribution < -0.4 is 5.43 Å². The monoisotopic (exact) mass is 482 g/mol. The quantitative estimate of drug-likeness (QED) is 0.402. The largest absolute Gasteiger partial charge is 0.506 e. The summed E-state index contributed by atoms with van der Waals surface area (Å²) in [6, 6.07) is 6.80. The van der Waals surface area contributed by atoms with Crippen LogP contribution in [0, 0.1) is 7.14 Å². The van der Waals surface area contributed by atoms with Crippen molar-refractivity contribution in [3.8, 4) is 5.75 Å². The van der Waals surface area contributed by atoms with Crippen molar-refractivity contribution in [2.75, 3.05) is 0 Å². The number of carbonyl (C=O) groups is 1. The Kier molecular flexibility index (Phi) is 4.80. The van der Waals surface area contributed by atoms with E-state index in [1.165, 1.54) is 12.5 Å². The van der Waals surface area contributed by atoms with E-state index in [0.29, 0.717) is 9.33 Å². The molecule has 0 spiro atoms. The minimum Gasteiger partial charge on any atom is -0.506 e. The number of phenols is 1. The number of carbonyl (C=O) groups excluding carboxylic acids is 1. The van der Waals surface area contributed by atoms with Crippen molar-refractivity contribution in [3.63, 3.8) is 0 Å². The fourth-order valence-corrected chi connectivity index (χ4v) is 3.16. The van der Waals surface area contributed by atoms with Gasteiger partial charge in [-0.1, -0.05) is 0 Å². The smallest absolute Gasteiger partial charge is 0.275 e. The Morgan fingerprint density at radius 3 is 2.89 bits per heavy atom. The molecule has 0 saturated carbocycles. The van der Waals surface area contributed by atoms with Crippen LogP contribution in [0.2, 0.25) is 0 Å². The molecule has 98 valence electrons. The van der Waals surface area contributed by atoms with E-state index >= 15 is 0 Å². The third-order valence-electron chi connectivity index (χ3n) is 2.17. The Hall–Kier alpha value is -1.10. The average molecular weight is 482 g/mol. The van der Waals surface area contributed by atoms with Gasteiger partial charge in [-0.15, -0.1) is 0 Å². The number of hydrogen-bond donors (Lipinski definition) is 2. The average Bonchev–Trinajstić information content (AvgIpc) is 2.86. The van der Waals surface area contributed by atoms with Crippen LogP contribution in [0.3, 0.4) is 0 Å². The van der Waals surface area contributed by atoms with Crippen molar-refractivity contribution in [1.82, 2.24) is 5.43 Å². The minimum atomic E-state index is -0.475. The number of amides is 1. The molecule has 0 aliphatic carbocycles. The highest BCUT2D eigenvalue weighted by atomic mass is 127. The lowest BCUT2D eigenvalue weighted by Crippen LogP contribution is -2.18. The highest BCUT2D eigenvalue weighted by molar-refractivity contribution is 14.1. The van der Waals surface area contributed by atoms with Crippen molar-refractivity contribution >= 4 is 57.3 Å². The molecule has 0 fully saturated rings. The van der Waals surface area contributed by atoms with E-state index in [4.69, 9.17) is 4.42 Å². The number of hydrazone groups is 1. The summed E-state index contributed by atoms with van der Waals surface area (Å²) in [5.74, 6) is 0.00481. The maximum Gasteiger partial charge on any atom is 0.275 e. The Balaban J connectivity index is 2.12. The van der Waals surface area contributed by atoms with Gasteiger partial charge in [0.2, 0.25) is 0 Å². The summed E-state index contributed by atoms with van der Waals surface area (Å²) in [6.45, 7) is 0. The number of benzene rings is 1. The van der Waals surface area contributed by atoms with E-state index in [2.05, 4.69) is 33.1 Å². The first-order valence-electron chi connectivity index (χ1n) is 5.13. The molecule has 2 aromatic rings.